The summed E-state index contributed by atoms with van der Waals surface area (Å²) in [6.07, 6.45) is 5.48. The minimum absolute atomic E-state index is 0.0740. The molecule has 0 spiro atoms. The Morgan fingerprint density at radius 3 is 2.43 bits per heavy atom. The summed E-state index contributed by atoms with van der Waals surface area (Å²) in [5.74, 6) is 0.0422. The number of carbonyl (C=O) groups is 1. The minimum Gasteiger partial charge on any atom is -0.352 e. The van der Waals surface area contributed by atoms with Crippen molar-refractivity contribution in [2.75, 3.05) is 12.3 Å². The normalized spacial score (nSPS) is 21.7. The van der Waals surface area contributed by atoms with Gasteiger partial charge in [0.05, 0.1) is 16.2 Å². The third kappa shape index (κ3) is 7.43. The summed E-state index contributed by atoms with van der Waals surface area (Å²) in [6.45, 7) is 2.28. The van der Waals surface area contributed by atoms with Crippen molar-refractivity contribution in [3.63, 3.8) is 0 Å². The summed E-state index contributed by atoms with van der Waals surface area (Å²) < 4.78 is 67.0. The molecule has 11 heteroatoms. The van der Waals surface area contributed by atoms with E-state index in [9.17, 15) is 31.2 Å². The van der Waals surface area contributed by atoms with Gasteiger partial charge in [0, 0.05) is 41.2 Å². The standard InChI is InChI=1S/C33H38F3N3O4S/c1-22-15-16-32(39-22,25-10-13-29-27(19-25)28(33(34,35)36)20-31(41)38-29)17-18-37-30(40)14-9-23-7-11-26(12-8-23)44(42,43)21-24-5-3-2-4-6-24/h7-14,19-20,22,24,39H,2-6,15-18,21H2,1H3,(H,37,40)(H,38,41)/b14-9+/t22-,32-/m1/s1. The molecule has 1 aliphatic carbocycles. The van der Waals surface area contributed by atoms with Crippen LogP contribution in [0.5, 0.6) is 0 Å². The van der Waals surface area contributed by atoms with E-state index >= 15 is 0 Å². The number of nitrogens with one attached hydrogen (secondary N) is 3. The van der Waals surface area contributed by atoms with Crippen LogP contribution in [0.25, 0.3) is 17.0 Å². The van der Waals surface area contributed by atoms with Crippen molar-refractivity contribution < 1.29 is 26.4 Å². The maximum atomic E-state index is 13.8. The summed E-state index contributed by atoms with van der Waals surface area (Å²) in [6, 6.07) is 11.9. The van der Waals surface area contributed by atoms with Crippen molar-refractivity contribution in [3.05, 3.63) is 81.7 Å². The molecule has 2 aromatic carbocycles. The van der Waals surface area contributed by atoms with Gasteiger partial charge >= 0.3 is 6.18 Å². The number of pyridine rings is 1. The number of aromatic nitrogens is 1. The van der Waals surface area contributed by atoms with Crippen LogP contribution in [-0.4, -0.2) is 37.6 Å². The van der Waals surface area contributed by atoms with Crippen LogP contribution < -0.4 is 16.2 Å². The van der Waals surface area contributed by atoms with E-state index in [4.69, 9.17) is 0 Å². The Bertz CT molecular complexity index is 1690. The van der Waals surface area contributed by atoms with Gasteiger partial charge in [0.2, 0.25) is 11.5 Å². The van der Waals surface area contributed by atoms with Gasteiger partial charge in [-0.05, 0) is 86.4 Å². The van der Waals surface area contributed by atoms with Crippen LogP contribution in [0.1, 0.15) is 75.0 Å². The fourth-order valence-corrected chi connectivity index (χ4v) is 8.31. The van der Waals surface area contributed by atoms with Crippen LogP contribution >= 0.6 is 0 Å². The Morgan fingerprint density at radius 1 is 1.05 bits per heavy atom. The molecule has 2 fully saturated rings. The van der Waals surface area contributed by atoms with Gasteiger partial charge in [-0.1, -0.05) is 37.5 Å². The van der Waals surface area contributed by atoms with Gasteiger partial charge in [0.1, 0.15) is 0 Å². The average molecular weight is 630 g/mol. The number of aromatic amines is 1. The van der Waals surface area contributed by atoms with Crippen LogP contribution in [0.2, 0.25) is 0 Å². The Labute approximate surface area is 255 Å². The van der Waals surface area contributed by atoms with Gasteiger partial charge in [0.15, 0.2) is 9.84 Å². The van der Waals surface area contributed by atoms with Gasteiger partial charge in [-0.2, -0.15) is 13.2 Å². The monoisotopic (exact) mass is 629 g/mol. The molecule has 1 saturated carbocycles. The van der Waals surface area contributed by atoms with E-state index in [1.54, 1.807) is 36.4 Å². The molecule has 236 valence electrons. The first kappa shape index (κ1) is 32.0. The summed E-state index contributed by atoms with van der Waals surface area (Å²) >= 11 is 0. The van der Waals surface area contributed by atoms with E-state index in [-0.39, 0.29) is 46.0 Å². The molecule has 2 heterocycles. The van der Waals surface area contributed by atoms with Crippen molar-refractivity contribution in [2.24, 2.45) is 5.92 Å². The molecule has 0 bridgehead atoms. The fourth-order valence-electron chi connectivity index (χ4n) is 6.61. The molecule has 0 radical (unpaired) electrons. The molecule has 1 saturated heterocycles. The molecule has 3 N–H and O–H groups in total. The molecule has 2 atom stereocenters. The third-order valence-electron chi connectivity index (χ3n) is 8.93. The molecule has 1 amide bonds. The number of benzene rings is 2. The number of hydrogen-bond donors (Lipinski definition) is 3. The molecule has 3 aromatic rings. The lowest BCUT2D eigenvalue weighted by atomic mass is 9.84. The number of alkyl halides is 3. The van der Waals surface area contributed by atoms with Crippen LogP contribution in [0.15, 0.2) is 64.3 Å². The lowest BCUT2D eigenvalue weighted by Gasteiger charge is -2.32. The number of amides is 1. The van der Waals surface area contributed by atoms with Gasteiger partial charge in [-0.15, -0.1) is 0 Å². The van der Waals surface area contributed by atoms with Crippen molar-refractivity contribution >= 4 is 32.7 Å². The first-order valence-corrected chi connectivity index (χ1v) is 16.8. The highest BCUT2D eigenvalue weighted by molar-refractivity contribution is 7.91. The smallest absolute Gasteiger partial charge is 0.352 e. The van der Waals surface area contributed by atoms with Gasteiger partial charge < -0.3 is 15.6 Å². The number of halogens is 3. The molecule has 1 aromatic heterocycles. The Morgan fingerprint density at radius 2 is 1.77 bits per heavy atom. The first-order chi connectivity index (χ1) is 20.8. The SMILES string of the molecule is C[C@@H]1CC[C@@](CCNC(=O)/C=C/c2ccc(S(=O)(=O)CC3CCCCC3)cc2)(c2ccc3[nH]c(=O)cc(C(F)(F)F)c3c2)N1. The number of sulfone groups is 1. The number of hydrogen-bond acceptors (Lipinski definition) is 5. The summed E-state index contributed by atoms with van der Waals surface area (Å²) in [5, 5.41) is 6.31. The first-order valence-electron chi connectivity index (χ1n) is 15.2. The van der Waals surface area contributed by atoms with E-state index in [0.29, 0.717) is 30.0 Å². The van der Waals surface area contributed by atoms with Gasteiger partial charge in [0.25, 0.3) is 0 Å². The van der Waals surface area contributed by atoms with E-state index in [0.717, 1.165) is 32.1 Å². The predicted molar refractivity (Wildman–Crippen MR) is 165 cm³/mol. The van der Waals surface area contributed by atoms with Crippen LogP contribution in [0.3, 0.4) is 0 Å². The number of carbonyl (C=O) groups excluding carboxylic acids is 1. The largest absolute Gasteiger partial charge is 0.417 e. The van der Waals surface area contributed by atoms with Crippen molar-refractivity contribution in [1.82, 2.24) is 15.6 Å². The molecular formula is C33H38F3N3O4S. The maximum Gasteiger partial charge on any atom is 0.417 e. The fraction of sp³-hybridized carbons (Fsp3) is 0.455. The lowest BCUT2D eigenvalue weighted by Crippen LogP contribution is -2.42. The quantitative estimate of drug-likeness (QED) is 0.249. The molecule has 0 unspecified atom stereocenters. The minimum atomic E-state index is -4.68. The number of rotatable bonds is 9. The van der Waals surface area contributed by atoms with E-state index < -0.39 is 32.7 Å². The topological polar surface area (TPSA) is 108 Å². The maximum absolute atomic E-state index is 13.8. The van der Waals surface area contributed by atoms with Crippen LogP contribution in [0.4, 0.5) is 13.2 Å². The van der Waals surface area contributed by atoms with Crippen molar-refractivity contribution in [1.29, 1.82) is 0 Å². The number of fused-ring (bicyclic) bond motifs is 1. The van der Waals surface area contributed by atoms with Crippen molar-refractivity contribution in [3.8, 4) is 0 Å². The predicted octanol–water partition coefficient (Wildman–Crippen LogP) is 6.09. The highest BCUT2D eigenvalue weighted by atomic mass is 32.2. The van der Waals surface area contributed by atoms with E-state index in [2.05, 4.69) is 15.6 Å². The molecule has 7 nitrogen and oxygen atoms in total. The zero-order valence-corrected chi connectivity index (χ0v) is 25.5. The Kier molecular flexibility index (Phi) is 9.36. The van der Waals surface area contributed by atoms with Crippen molar-refractivity contribution in [2.45, 2.75) is 80.9 Å². The zero-order valence-electron chi connectivity index (χ0n) is 24.7. The molecular weight excluding hydrogens is 591 g/mol. The molecule has 5 rings (SSSR count). The third-order valence-corrected chi connectivity index (χ3v) is 10.8. The van der Waals surface area contributed by atoms with Crippen LogP contribution in [0, 0.1) is 5.92 Å². The summed E-state index contributed by atoms with van der Waals surface area (Å²) in [5.41, 5.74) is -0.978. The van der Waals surface area contributed by atoms with Gasteiger partial charge in [-0.3, -0.25) is 9.59 Å². The second-order valence-electron chi connectivity index (χ2n) is 12.2. The molecule has 44 heavy (non-hydrogen) atoms. The summed E-state index contributed by atoms with van der Waals surface area (Å²) in [7, 11) is -3.37. The molecule has 2 aliphatic rings. The van der Waals surface area contributed by atoms with E-state index in [1.807, 2.05) is 6.92 Å². The lowest BCUT2D eigenvalue weighted by molar-refractivity contribution is -0.136. The average Bonchev–Trinajstić information content (AvgIpc) is 3.36. The molecule has 1 aliphatic heterocycles. The Hall–Kier alpha value is -3.44. The zero-order chi connectivity index (χ0) is 31.5. The van der Waals surface area contributed by atoms with Gasteiger partial charge in [-0.25, -0.2) is 8.42 Å². The second kappa shape index (κ2) is 12.9. The highest BCUT2D eigenvalue weighted by Gasteiger charge is 2.39. The number of H-pyrrole nitrogens is 1. The second-order valence-corrected chi connectivity index (χ2v) is 14.2. The van der Waals surface area contributed by atoms with Crippen LogP contribution in [-0.2, 0) is 26.3 Å². The highest BCUT2D eigenvalue weighted by Crippen LogP contribution is 2.40. The van der Waals surface area contributed by atoms with E-state index in [1.165, 1.54) is 24.6 Å². The summed E-state index contributed by atoms with van der Waals surface area (Å²) in [4.78, 5) is 27.2. The Balaban J connectivity index is 1.23.